The van der Waals surface area contributed by atoms with E-state index in [9.17, 15) is 4.79 Å². The topological polar surface area (TPSA) is 60.9 Å². The molecule has 0 fully saturated rings. The van der Waals surface area contributed by atoms with Gasteiger partial charge in [-0.2, -0.15) is 0 Å². The van der Waals surface area contributed by atoms with Crippen LogP contribution < -0.4 is 5.73 Å². The number of Topliss-reactive ketones (excluding diaryl/α,β-unsaturated/α-hetero) is 1. The van der Waals surface area contributed by atoms with Crippen molar-refractivity contribution >= 4 is 5.78 Å². The average molecular weight is 209 g/mol. The summed E-state index contributed by atoms with van der Waals surface area (Å²) in [7, 11) is 1.88. The molecular formula is C11H19N3O. The van der Waals surface area contributed by atoms with Crippen LogP contribution in [-0.4, -0.2) is 20.9 Å². The minimum absolute atomic E-state index is 0.0711. The van der Waals surface area contributed by atoms with Crippen molar-refractivity contribution in [3.8, 4) is 0 Å². The van der Waals surface area contributed by atoms with Gasteiger partial charge in [0.2, 0.25) is 0 Å². The van der Waals surface area contributed by atoms with E-state index in [2.05, 4.69) is 4.98 Å². The number of hydrogen-bond donors (Lipinski definition) is 1. The molecule has 0 radical (unpaired) electrons. The van der Waals surface area contributed by atoms with Crippen LogP contribution in [0.4, 0.5) is 0 Å². The zero-order chi connectivity index (χ0) is 11.5. The van der Waals surface area contributed by atoms with Crippen molar-refractivity contribution in [2.45, 2.75) is 38.6 Å². The molecule has 15 heavy (non-hydrogen) atoms. The molecule has 0 unspecified atom stereocenters. The second kappa shape index (κ2) is 4.57. The first kappa shape index (κ1) is 11.9. The SMILES string of the molecule is CCC(N)(CC)C(=O)Cc1nccn1C. The summed E-state index contributed by atoms with van der Waals surface area (Å²) in [6.45, 7) is 3.89. The third-order valence-corrected chi connectivity index (χ3v) is 3.06. The first-order valence-electron chi connectivity index (χ1n) is 5.32. The monoisotopic (exact) mass is 209 g/mol. The maximum absolute atomic E-state index is 12.0. The fourth-order valence-corrected chi connectivity index (χ4v) is 1.53. The second-order valence-electron chi connectivity index (χ2n) is 3.92. The van der Waals surface area contributed by atoms with E-state index in [4.69, 9.17) is 5.73 Å². The van der Waals surface area contributed by atoms with E-state index in [1.807, 2.05) is 31.7 Å². The largest absolute Gasteiger partial charge is 0.338 e. The number of carbonyl (C=O) groups is 1. The number of hydrogen-bond acceptors (Lipinski definition) is 3. The van der Waals surface area contributed by atoms with Crippen molar-refractivity contribution in [3.63, 3.8) is 0 Å². The van der Waals surface area contributed by atoms with E-state index in [0.29, 0.717) is 19.3 Å². The number of nitrogens with zero attached hydrogens (tertiary/aromatic N) is 2. The molecule has 0 aliphatic rings. The molecule has 1 heterocycles. The third kappa shape index (κ3) is 2.45. The molecule has 1 rings (SSSR count). The summed E-state index contributed by atoms with van der Waals surface area (Å²) < 4.78 is 1.85. The lowest BCUT2D eigenvalue weighted by Crippen LogP contribution is -2.47. The predicted octanol–water partition coefficient (Wildman–Crippen LogP) is 1.05. The first-order valence-corrected chi connectivity index (χ1v) is 5.32. The molecule has 0 bridgehead atoms. The minimum atomic E-state index is -0.689. The van der Waals surface area contributed by atoms with E-state index in [1.54, 1.807) is 6.20 Å². The van der Waals surface area contributed by atoms with E-state index in [0.717, 1.165) is 5.82 Å². The lowest BCUT2D eigenvalue weighted by Gasteiger charge is -2.24. The maximum Gasteiger partial charge on any atom is 0.160 e. The van der Waals surface area contributed by atoms with Crippen molar-refractivity contribution in [3.05, 3.63) is 18.2 Å². The Labute approximate surface area is 90.5 Å². The van der Waals surface area contributed by atoms with Gasteiger partial charge in [0.15, 0.2) is 5.78 Å². The van der Waals surface area contributed by atoms with Gasteiger partial charge in [0, 0.05) is 19.4 Å². The van der Waals surface area contributed by atoms with Gasteiger partial charge in [-0.25, -0.2) is 4.98 Å². The van der Waals surface area contributed by atoms with E-state index < -0.39 is 5.54 Å². The van der Waals surface area contributed by atoms with Crippen molar-refractivity contribution in [2.24, 2.45) is 12.8 Å². The highest BCUT2D eigenvalue weighted by Crippen LogP contribution is 2.15. The molecule has 4 nitrogen and oxygen atoms in total. The Bertz CT molecular complexity index is 339. The molecule has 0 aliphatic carbocycles. The number of aryl methyl sites for hydroxylation is 1. The van der Waals surface area contributed by atoms with Crippen LogP contribution in [0.25, 0.3) is 0 Å². The van der Waals surface area contributed by atoms with Gasteiger partial charge in [-0.1, -0.05) is 13.8 Å². The van der Waals surface area contributed by atoms with Gasteiger partial charge in [0.05, 0.1) is 12.0 Å². The molecule has 0 saturated heterocycles. The maximum atomic E-state index is 12.0. The van der Waals surface area contributed by atoms with Gasteiger partial charge >= 0.3 is 0 Å². The molecule has 1 aromatic heterocycles. The number of nitrogens with two attached hydrogens (primary N) is 1. The smallest absolute Gasteiger partial charge is 0.160 e. The van der Waals surface area contributed by atoms with Gasteiger partial charge in [0.1, 0.15) is 5.82 Å². The molecule has 0 amide bonds. The van der Waals surface area contributed by atoms with Crippen LogP contribution in [-0.2, 0) is 18.3 Å². The van der Waals surface area contributed by atoms with Crippen LogP contribution in [0.3, 0.4) is 0 Å². The molecule has 2 N–H and O–H groups in total. The van der Waals surface area contributed by atoms with Crippen molar-refractivity contribution in [1.82, 2.24) is 9.55 Å². The summed E-state index contributed by atoms with van der Waals surface area (Å²) >= 11 is 0. The van der Waals surface area contributed by atoms with Crippen LogP contribution in [0.1, 0.15) is 32.5 Å². The lowest BCUT2D eigenvalue weighted by atomic mass is 9.87. The zero-order valence-electron chi connectivity index (χ0n) is 9.66. The van der Waals surface area contributed by atoms with Crippen LogP contribution in [0, 0.1) is 0 Å². The molecule has 0 saturated carbocycles. The number of aromatic nitrogens is 2. The fraction of sp³-hybridized carbons (Fsp3) is 0.636. The standard InChI is InChI=1S/C11H19N3O/c1-4-11(12,5-2)9(15)8-10-13-6-7-14(10)3/h6-7H,4-5,8,12H2,1-3H3. The third-order valence-electron chi connectivity index (χ3n) is 3.06. The normalized spacial score (nSPS) is 11.7. The molecule has 0 atom stereocenters. The number of carbonyl (C=O) groups excluding carboxylic acids is 1. The second-order valence-corrected chi connectivity index (χ2v) is 3.92. The zero-order valence-corrected chi connectivity index (χ0v) is 9.66. The van der Waals surface area contributed by atoms with E-state index >= 15 is 0 Å². The summed E-state index contributed by atoms with van der Waals surface area (Å²) in [5, 5.41) is 0. The molecule has 1 aromatic rings. The van der Waals surface area contributed by atoms with Gasteiger partial charge in [-0.05, 0) is 12.8 Å². The summed E-state index contributed by atoms with van der Waals surface area (Å²) in [6, 6.07) is 0. The molecule has 0 aliphatic heterocycles. The molecule has 0 aromatic carbocycles. The Balaban J connectivity index is 2.75. The van der Waals surface area contributed by atoms with E-state index in [-0.39, 0.29) is 5.78 Å². The van der Waals surface area contributed by atoms with Gasteiger partial charge < -0.3 is 10.3 Å². The summed E-state index contributed by atoms with van der Waals surface area (Å²) in [5.41, 5.74) is 5.33. The highest BCUT2D eigenvalue weighted by molar-refractivity contribution is 5.89. The number of ketones is 1. The van der Waals surface area contributed by atoms with Crippen LogP contribution in [0.5, 0.6) is 0 Å². The first-order chi connectivity index (χ1) is 7.03. The Kier molecular flexibility index (Phi) is 3.63. The molecule has 0 spiro atoms. The Morgan fingerprint density at radius 1 is 1.53 bits per heavy atom. The van der Waals surface area contributed by atoms with Crippen molar-refractivity contribution in [1.29, 1.82) is 0 Å². The molecule has 4 heteroatoms. The Morgan fingerprint density at radius 3 is 2.53 bits per heavy atom. The van der Waals surface area contributed by atoms with Crippen LogP contribution in [0.2, 0.25) is 0 Å². The number of imidazole rings is 1. The van der Waals surface area contributed by atoms with E-state index in [1.165, 1.54) is 0 Å². The summed E-state index contributed by atoms with van der Waals surface area (Å²) in [4.78, 5) is 16.1. The predicted molar refractivity (Wildman–Crippen MR) is 59.4 cm³/mol. The van der Waals surface area contributed by atoms with Gasteiger partial charge in [-0.15, -0.1) is 0 Å². The average Bonchev–Trinajstić information content (AvgIpc) is 2.63. The van der Waals surface area contributed by atoms with Crippen LogP contribution >= 0.6 is 0 Å². The highest BCUT2D eigenvalue weighted by atomic mass is 16.1. The summed E-state index contributed by atoms with van der Waals surface area (Å²) in [6.07, 6.45) is 5.19. The van der Waals surface area contributed by atoms with Crippen molar-refractivity contribution in [2.75, 3.05) is 0 Å². The van der Waals surface area contributed by atoms with Crippen LogP contribution in [0.15, 0.2) is 12.4 Å². The van der Waals surface area contributed by atoms with Crippen molar-refractivity contribution < 1.29 is 4.79 Å². The van der Waals surface area contributed by atoms with Gasteiger partial charge in [-0.3, -0.25) is 4.79 Å². The van der Waals surface area contributed by atoms with Gasteiger partial charge in [0.25, 0.3) is 0 Å². The Hall–Kier alpha value is -1.16. The quantitative estimate of drug-likeness (QED) is 0.788. The number of rotatable bonds is 5. The highest BCUT2D eigenvalue weighted by Gasteiger charge is 2.30. The molecule has 84 valence electrons. The fourth-order valence-electron chi connectivity index (χ4n) is 1.53. The summed E-state index contributed by atoms with van der Waals surface area (Å²) in [5.74, 6) is 0.846. The lowest BCUT2D eigenvalue weighted by molar-refractivity contribution is -0.123. The molecular weight excluding hydrogens is 190 g/mol. The minimum Gasteiger partial charge on any atom is -0.338 e. The Morgan fingerprint density at radius 2 is 2.13 bits per heavy atom.